The second-order valence-corrected chi connectivity index (χ2v) is 2.39. The molecule has 1 heterocycles. The SMILES string of the molecule is COc1nc(N)nc(OCCCO)n1. The first-order valence-corrected chi connectivity index (χ1v) is 4.05. The molecule has 78 valence electrons. The zero-order chi connectivity index (χ0) is 10.4. The first-order valence-electron chi connectivity index (χ1n) is 4.05. The van der Waals surface area contributed by atoms with Crippen LogP contribution < -0.4 is 15.2 Å². The summed E-state index contributed by atoms with van der Waals surface area (Å²) in [6, 6.07) is 0.208. The molecule has 0 aliphatic heterocycles. The molecule has 7 heteroatoms. The van der Waals surface area contributed by atoms with Gasteiger partial charge in [-0.3, -0.25) is 0 Å². The molecule has 7 nitrogen and oxygen atoms in total. The van der Waals surface area contributed by atoms with Gasteiger partial charge in [0.25, 0.3) is 0 Å². The van der Waals surface area contributed by atoms with Gasteiger partial charge >= 0.3 is 12.0 Å². The third kappa shape index (κ3) is 3.02. The lowest BCUT2D eigenvalue weighted by Crippen LogP contribution is -2.07. The summed E-state index contributed by atoms with van der Waals surface area (Å²) in [7, 11) is 1.42. The highest BCUT2D eigenvalue weighted by Gasteiger charge is 2.04. The molecule has 0 amide bonds. The van der Waals surface area contributed by atoms with Crippen LogP contribution in [0.15, 0.2) is 0 Å². The maximum absolute atomic E-state index is 8.52. The Bertz CT molecular complexity index is 294. The van der Waals surface area contributed by atoms with Crippen LogP contribution in [0.1, 0.15) is 6.42 Å². The zero-order valence-electron chi connectivity index (χ0n) is 7.80. The number of rotatable bonds is 5. The summed E-state index contributed by atoms with van der Waals surface area (Å²) in [5.74, 6) is 0.0378. The summed E-state index contributed by atoms with van der Waals surface area (Å²) < 4.78 is 9.86. The standard InChI is InChI=1S/C7H12N4O3/c1-13-6-9-5(8)10-7(11-6)14-4-2-3-12/h12H,2-4H2,1H3,(H2,8,9,10,11). The van der Waals surface area contributed by atoms with Crippen molar-refractivity contribution in [3.05, 3.63) is 0 Å². The van der Waals surface area contributed by atoms with Gasteiger partial charge in [0.1, 0.15) is 0 Å². The van der Waals surface area contributed by atoms with E-state index in [0.29, 0.717) is 13.0 Å². The van der Waals surface area contributed by atoms with Crippen LogP contribution in [-0.2, 0) is 0 Å². The van der Waals surface area contributed by atoms with Crippen molar-refractivity contribution in [2.45, 2.75) is 6.42 Å². The van der Waals surface area contributed by atoms with E-state index in [2.05, 4.69) is 15.0 Å². The van der Waals surface area contributed by atoms with Crippen molar-refractivity contribution < 1.29 is 14.6 Å². The van der Waals surface area contributed by atoms with E-state index >= 15 is 0 Å². The Morgan fingerprint density at radius 1 is 1.29 bits per heavy atom. The highest BCUT2D eigenvalue weighted by molar-refractivity contribution is 5.20. The average molecular weight is 200 g/mol. The highest BCUT2D eigenvalue weighted by Crippen LogP contribution is 2.09. The van der Waals surface area contributed by atoms with Crippen LogP contribution in [0.25, 0.3) is 0 Å². The molecule has 1 aromatic rings. The molecule has 0 atom stereocenters. The second kappa shape index (κ2) is 5.18. The lowest BCUT2D eigenvalue weighted by Gasteiger charge is -2.04. The number of anilines is 1. The van der Waals surface area contributed by atoms with E-state index in [4.69, 9.17) is 20.3 Å². The van der Waals surface area contributed by atoms with E-state index in [1.165, 1.54) is 7.11 Å². The Balaban J connectivity index is 2.62. The molecule has 0 radical (unpaired) electrons. The minimum atomic E-state index is 0.0378. The second-order valence-electron chi connectivity index (χ2n) is 2.39. The summed E-state index contributed by atoms with van der Waals surface area (Å²) in [6.45, 7) is 0.376. The molecule has 0 aromatic carbocycles. The van der Waals surface area contributed by atoms with Crippen molar-refractivity contribution in [3.63, 3.8) is 0 Å². The van der Waals surface area contributed by atoms with Crippen LogP contribution in [-0.4, -0.2) is 40.4 Å². The van der Waals surface area contributed by atoms with Crippen LogP contribution in [0.2, 0.25) is 0 Å². The minimum Gasteiger partial charge on any atom is -0.467 e. The number of methoxy groups -OCH3 is 1. The van der Waals surface area contributed by atoms with Crippen molar-refractivity contribution in [1.29, 1.82) is 0 Å². The summed E-state index contributed by atoms with van der Waals surface area (Å²) in [4.78, 5) is 11.2. The molecule has 1 aromatic heterocycles. The molecular weight excluding hydrogens is 188 g/mol. The number of aromatic nitrogens is 3. The van der Waals surface area contributed by atoms with Crippen molar-refractivity contribution >= 4 is 5.95 Å². The largest absolute Gasteiger partial charge is 0.467 e. The number of nitrogen functional groups attached to an aromatic ring is 1. The number of aliphatic hydroxyl groups excluding tert-OH is 1. The van der Waals surface area contributed by atoms with Gasteiger partial charge in [-0.2, -0.15) is 9.97 Å². The van der Waals surface area contributed by atoms with Gasteiger partial charge < -0.3 is 20.3 Å². The predicted octanol–water partition coefficient (Wildman–Crippen LogP) is -0.776. The van der Waals surface area contributed by atoms with Gasteiger partial charge in [0.2, 0.25) is 5.95 Å². The predicted molar refractivity (Wildman–Crippen MR) is 48.0 cm³/mol. The number of nitrogens with zero attached hydrogens (tertiary/aromatic N) is 3. The summed E-state index contributed by atoms with van der Waals surface area (Å²) >= 11 is 0. The van der Waals surface area contributed by atoms with Gasteiger partial charge in [-0.05, 0) is 0 Å². The van der Waals surface area contributed by atoms with E-state index in [0.717, 1.165) is 0 Å². The van der Waals surface area contributed by atoms with Gasteiger partial charge in [-0.25, -0.2) is 0 Å². The summed E-state index contributed by atoms with van der Waals surface area (Å²) in [5.41, 5.74) is 5.37. The molecule has 0 saturated heterocycles. The van der Waals surface area contributed by atoms with Crippen LogP contribution in [0.5, 0.6) is 12.0 Å². The van der Waals surface area contributed by atoms with Crippen LogP contribution in [0, 0.1) is 0 Å². The van der Waals surface area contributed by atoms with E-state index in [1.54, 1.807) is 0 Å². The van der Waals surface area contributed by atoms with Crippen LogP contribution in [0.3, 0.4) is 0 Å². The molecular formula is C7H12N4O3. The number of hydrogen-bond donors (Lipinski definition) is 2. The molecule has 0 aliphatic carbocycles. The maximum Gasteiger partial charge on any atom is 0.324 e. The average Bonchev–Trinajstić information content (AvgIpc) is 2.17. The van der Waals surface area contributed by atoms with Crippen LogP contribution >= 0.6 is 0 Å². The zero-order valence-corrected chi connectivity index (χ0v) is 7.80. The molecule has 1 rings (SSSR count). The van der Waals surface area contributed by atoms with Crippen molar-refractivity contribution in [2.24, 2.45) is 0 Å². The third-order valence-corrected chi connectivity index (χ3v) is 1.33. The molecule has 0 saturated carbocycles. The third-order valence-electron chi connectivity index (χ3n) is 1.33. The van der Waals surface area contributed by atoms with Gasteiger partial charge in [-0.15, -0.1) is 4.98 Å². The Morgan fingerprint density at radius 2 is 2.00 bits per heavy atom. The Labute approximate surface area is 80.9 Å². The lowest BCUT2D eigenvalue weighted by atomic mass is 10.5. The van der Waals surface area contributed by atoms with Gasteiger partial charge in [0, 0.05) is 13.0 Å². The molecule has 0 aliphatic rings. The fraction of sp³-hybridized carbons (Fsp3) is 0.571. The summed E-state index contributed by atoms with van der Waals surface area (Å²) in [6.07, 6.45) is 0.508. The Kier molecular flexibility index (Phi) is 3.86. The molecule has 14 heavy (non-hydrogen) atoms. The van der Waals surface area contributed by atoms with Crippen molar-refractivity contribution in [3.8, 4) is 12.0 Å². The lowest BCUT2D eigenvalue weighted by molar-refractivity contribution is 0.221. The van der Waals surface area contributed by atoms with Crippen molar-refractivity contribution in [2.75, 3.05) is 26.1 Å². The quantitative estimate of drug-likeness (QED) is 0.601. The topological polar surface area (TPSA) is 103 Å². The molecule has 0 spiro atoms. The highest BCUT2D eigenvalue weighted by atomic mass is 16.5. The number of nitrogens with two attached hydrogens (primary N) is 1. The Morgan fingerprint density at radius 3 is 2.64 bits per heavy atom. The van der Waals surface area contributed by atoms with E-state index in [1.807, 2.05) is 0 Å². The maximum atomic E-state index is 8.52. The number of ether oxygens (including phenoxy) is 2. The summed E-state index contributed by atoms with van der Waals surface area (Å²) in [5, 5.41) is 8.52. The van der Waals surface area contributed by atoms with Gasteiger partial charge in [-0.1, -0.05) is 0 Å². The van der Waals surface area contributed by atoms with E-state index < -0.39 is 0 Å². The van der Waals surface area contributed by atoms with Crippen LogP contribution in [0.4, 0.5) is 5.95 Å². The smallest absolute Gasteiger partial charge is 0.324 e. The van der Waals surface area contributed by atoms with Crippen molar-refractivity contribution in [1.82, 2.24) is 15.0 Å². The van der Waals surface area contributed by atoms with E-state index in [-0.39, 0.29) is 24.6 Å². The fourth-order valence-electron chi connectivity index (χ4n) is 0.737. The normalized spacial score (nSPS) is 9.86. The minimum absolute atomic E-state index is 0.0378. The first kappa shape index (κ1) is 10.5. The molecule has 3 N–H and O–H groups in total. The molecule has 0 unspecified atom stereocenters. The first-order chi connectivity index (χ1) is 6.76. The Hall–Kier alpha value is -1.63. The van der Waals surface area contributed by atoms with Gasteiger partial charge in [0.15, 0.2) is 0 Å². The molecule has 0 bridgehead atoms. The molecule has 0 fully saturated rings. The monoisotopic (exact) mass is 200 g/mol. The van der Waals surface area contributed by atoms with Gasteiger partial charge in [0.05, 0.1) is 13.7 Å². The number of aliphatic hydroxyl groups is 1. The fourth-order valence-corrected chi connectivity index (χ4v) is 0.737. The van der Waals surface area contributed by atoms with E-state index in [9.17, 15) is 0 Å². The number of hydrogen-bond acceptors (Lipinski definition) is 7.